The van der Waals surface area contributed by atoms with Crippen molar-refractivity contribution in [2.75, 3.05) is 18.5 Å². The van der Waals surface area contributed by atoms with E-state index < -0.39 is 5.91 Å². The van der Waals surface area contributed by atoms with E-state index in [4.69, 9.17) is 16.3 Å². The second-order valence-electron chi connectivity index (χ2n) is 3.25. The summed E-state index contributed by atoms with van der Waals surface area (Å²) in [5.74, 6) is -0.515. The van der Waals surface area contributed by atoms with Gasteiger partial charge < -0.3 is 10.6 Å². The molecule has 1 amide bonds. The molecular weight excluding hydrogens is 204 g/mol. The minimum absolute atomic E-state index is 0.0344. The molecule has 0 saturated carbocycles. The van der Waals surface area contributed by atoms with Crippen LogP contribution in [0.15, 0.2) is 18.2 Å². The largest absolute Gasteiger partial charge is 0.368 e. The van der Waals surface area contributed by atoms with Crippen LogP contribution in [0.3, 0.4) is 0 Å². The summed E-state index contributed by atoms with van der Waals surface area (Å²) in [6.07, 6.45) is 0. The van der Waals surface area contributed by atoms with Crippen molar-refractivity contribution in [3.05, 3.63) is 29.3 Å². The number of para-hydroxylation sites is 1. The minimum Gasteiger partial charge on any atom is -0.368 e. The topological polar surface area (TPSA) is 93.9 Å². The fraction of sp³-hybridized carbons (Fsp3) is 0.182. The Hall–Kier alpha value is -2.53. The Labute approximate surface area is 93.3 Å². The molecule has 1 aromatic rings. The third kappa shape index (κ3) is 2.28. The number of hydrogen-bond acceptors (Lipinski definition) is 4. The monoisotopic (exact) mass is 214 g/mol. The van der Waals surface area contributed by atoms with Crippen molar-refractivity contribution in [2.24, 2.45) is 5.73 Å². The number of nitriles is 2. The Morgan fingerprint density at radius 1 is 1.38 bits per heavy atom. The van der Waals surface area contributed by atoms with E-state index in [1.54, 1.807) is 25.2 Å². The molecule has 16 heavy (non-hydrogen) atoms. The van der Waals surface area contributed by atoms with Crippen LogP contribution in [0.5, 0.6) is 0 Å². The van der Waals surface area contributed by atoms with Gasteiger partial charge in [-0.25, -0.2) is 0 Å². The van der Waals surface area contributed by atoms with Crippen LogP contribution < -0.4 is 10.6 Å². The number of primary amides is 1. The van der Waals surface area contributed by atoms with Crippen LogP contribution in [0.25, 0.3) is 0 Å². The number of carbonyl (C=O) groups excluding carboxylic acids is 1. The van der Waals surface area contributed by atoms with Crippen LogP contribution >= 0.6 is 0 Å². The SMILES string of the molecule is CN(CC(N)=O)c1c(C#N)cccc1C#N. The summed E-state index contributed by atoms with van der Waals surface area (Å²) in [4.78, 5) is 12.3. The Bertz CT molecular complexity index is 463. The van der Waals surface area contributed by atoms with E-state index in [2.05, 4.69) is 0 Å². The molecule has 0 saturated heterocycles. The third-order valence-corrected chi connectivity index (χ3v) is 2.05. The van der Waals surface area contributed by atoms with E-state index >= 15 is 0 Å². The van der Waals surface area contributed by atoms with E-state index in [1.807, 2.05) is 12.1 Å². The summed E-state index contributed by atoms with van der Waals surface area (Å²) >= 11 is 0. The summed E-state index contributed by atoms with van der Waals surface area (Å²) in [6, 6.07) is 8.76. The summed E-state index contributed by atoms with van der Waals surface area (Å²) in [5.41, 5.74) is 6.20. The predicted octanol–water partition coefficient (Wildman–Crippen LogP) is 0.351. The van der Waals surface area contributed by atoms with Crippen LogP contribution in [-0.4, -0.2) is 19.5 Å². The first kappa shape index (κ1) is 11.5. The molecule has 1 rings (SSSR count). The summed E-state index contributed by atoms with van der Waals surface area (Å²) in [6.45, 7) is -0.0344. The molecule has 0 radical (unpaired) electrons. The highest BCUT2D eigenvalue weighted by atomic mass is 16.1. The first-order chi connectivity index (χ1) is 7.60. The quantitative estimate of drug-likeness (QED) is 0.785. The molecule has 0 fully saturated rings. The number of anilines is 1. The Morgan fingerprint density at radius 2 is 1.88 bits per heavy atom. The number of benzene rings is 1. The molecule has 0 heterocycles. The summed E-state index contributed by atoms with van der Waals surface area (Å²) in [7, 11) is 1.61. The Kier molecular flexibility index (Phi) is 3.47. The first-order valence-electron chi connectivity index (χ1n) is 4.52. The highest BCUT2D eigenvalue weighted by molar-refractivity contribution is 5.81. The van der Waals surface area contributed by atoms with Gasteiger partial charge in [0.05, 0.1) is 23.4 Å². The van der Waals surface area contributed by atoms with Crippen molar-refractivity contribution >= 4 is 11.6 Å². The predicted molar refractivity (Wildman–Crippen MR) is 58.3 cm³/mol. The summed E-state index contributed by atoms with van der Waals surface area (Å²) in [5, 5.41) is 17.8. The smallest absolute Gasteiger partial charge is 0.236 e. The van der Waals surface area contributed by atoms with Crippen molar-refractivity contribution in [2.45, 2.75) is 0 Å². The average Bonchev–Trinajstić information content (AvgIpc) is 2.26. The zero-order chi connectivity index (χ0) is 12.1. The number of hydrogen-bond donors (Lipinski definition) is 1. The molecule has 0 aliphatic carbocycles. The molecule has 0 spiro atoms. The Balaban J connectivity index is 3.25. The molecule has 0 bridgehead atoms. The zero-order valence-corrected chi connectivity index (χ0v) is 8.77. The molecule has 2 N–H and O–H groups in total. The maximum Gasteiger partial charge on any atom is 0.236 e. The van der Waals surface area contributed by atoms with Crippen molar-refractivity contribution in [3.63, 3.8) is 0 Å². The van der Waals surface area contributed by atoms with Gasteiger partial charge in [0.25, 0.3) is 0 Å². The van der Waals surface area contributed by atoms with Crippen LogP contribution in [0.4, 0.5) is 5.69 Å². The normalized spacial score (nSPS) is 8.94. The van der Waals surface area contributed by atoms with Crippen LogP contribution in [0, 0.1) is 22.7 Å². The summed E-state index contributed by atoms with van der Waals surface area (Å²) < 4.78 is 0. The fourth-order valence-electron chi connectivity index (χ4n) is 1.45. The number of carbonyl (C=O) groups is 1. The Morgan fingerprint density at radius 3 is 2.25 bits per heavy atom. The molecule has 0 unspecified atom stereocenters. The highest BCUT2D eigenvalue weighted by Gasteiger charge is 2.13. The van der Waals surface area contributed by atoms with Crippen molar-refractivity contribution in [1.29, 1.82) is 10.5 Å². The van der Waals surface area contributed by atoms with E-state index in [1.165, 1.54) is 4.90 Å². The van der Waals surface area contributed by atoms with Crippen molar-refractivity contribution in [3.8, 4) is 12.1 Å². The minimum atomic E-state index is -0.515. The van der Waals surface area contributed by atoms with Gasteiger partial charge in [0.15, 0.2) is 0 Å². The van der Waals surface area contributed by atoms with E-state index in [0.717, 1.165) is 0 Å². The number of amides is 1. The van der Waals surface area contributed by atoms with Gasteiger partial charge in [-0.1, -0.05) is 6.07 Å². The second kappa shape index (κ2) is 4.81. The van der Waals surface area contributed by atoms with E-state index in [9.17, 15) is 4.79 Å². The molecule has 5 nitrogen and oxygen atoms in total. The fourth-order valence-corrected chi connectivity index (χ4v) is 1.45. The van der Waals surface area contributed by atoms with Gasteiger partial charge in [0.2, 0.25) is 5.91 Å². The van der Waals surface area contributed by atoms with Gasteiger partial charge in [-0.3, -0.25) is 4.79 Å². The lowest BCUT2D eigenvalue weighted by molar-refractivity contribution is -0.116. The van der Waals surface area contributed by atoms with Crippen LogP contribution in [0.2, 0.25) is 0 Å². The molecule has 0 aromatic heterocycles. The molecule has 0 aliphatic heterocycles. The lowest BCUT2D eigenvalue weighted by Crippen LogP contribution is -2.31. The number of nitrogens with zero attached hydrogens (tertiary/aromatic N) is 3. The average molecular weight is 214 g/mol. The van der Waals surface area contributed by atoms with E-state index in [-0.39, 0.29) is 6.54 Å². The van der Waals surface area contributed by atoms with Crippen molar-refractivity contribution < 1.29 is 4.79 Å². The molecule has 5 heteroatoms. The first-order valence-corrected chi connectivity index (χ1v) is 4.52. The molecule has 0 atom stereocenters. The van der Waals surface area contributed by atoms with Crippen LogP contribution in [-0.2, 0) is 4.79 Å². The van der Waals surface area contributed by atoms with Gasteiger partial charge in [-0.05, 0) is 12.1 Å². The molecular formula is C11H10N4O. The standard InChI is InChI=1S/C11H10N4O/c1-15(7-10(14)16)11-8(5-12)3-2-4-9(11)6-13/h2-4H,7H2,1H3,(H2,14,16). The van der Waals surface area contributed by atoms with Gasteiger partial charge in [-0.15, -0.1) is 0 Å². The molecule has 1 aromatic carbocycles. The van der Waals surface area contributed by atoms with Gasteiger partial charge in [0.1, 0.15) is 12.1 Å². The van der Waals surface area contributed by atoms with E-state index in [0.29, 0.717) is 16.8 Å². The lowest BCUT2D eigenvalue weighted by atomic mass is 10.1. The van der Waals surface area contributed by atoms with Gasteiger partial charge in [0, 0.05) is 7.05 Å². The second-order valence-corrected chi connectivity index (χ2v) is 3.25. The van der Waals surface area contributed by atoms with Gasteiger partial charge in [-0.2, -0.15) is 10.5 Å². The van der Waals surface area contributed by atoms with Gasteiger partial charge >= 0.3 is 0 Å². The molecule has 0 aliphatic rings. The molecule has 80 valence electrons. The van der Waals surface area contributed by atoms with Crippen LogP contribution in [0.1, 0.15) is 11.1 Å². The number of likely N-dealkylation sites (N-methyl/N-ethyl adjacent to an activating group) is 1. The number of nitrogens with two attached hydrogens (primary N) is 1. The third-order valence-electron chi connectivity index (χ3n) is 2.05. The maximum absolute atomic E-state index is 10.8. The maximum atomic E-state index is 10.8. The van der Waals surface area contributed by atoms with Crippen molar-refractivity contribution in [1.82, 2.24) is 0 Å². The zero-order valence-electron chi connectivity index (χ0n) is 8.77. The highest BCUT2D eigenvalue weighted by Crippen LogP contribution is 2.23. The lowest BCUT2D eigenvalue weighted by Gasteiger charge is -2.19. The number of rotatable bonds is 3.